The van der Waals surface area contributed by atoms with Gasteiger partial charge >= 0.3 is 0 Å². The van der Waals surface area contributed by atoms with Crippen molar-refractivity contribution in [1.82, 2.24) is 0 Å². The van der Waals surface area contributed by atoms with E-state index in [4.69, 9.17) is 0 Å². The molecular formula is C12H19. The van der Waals surface area contributed by atoms with E-state index in [2.05, 4.69) is 52.0 Å². The van der Waals surface area contributed by atoms with Crippen LogP contribution in [0.1, 0.15) is 34.1 Å². The summed E-state index contributed by atoms with van der Waals surface area (Å²) in [6.45, 7) is 9.14. The minimum Gasteiger partial charge on any atom is -0.0800 e. The largest absolute Gasteiger partial charge is 0.0800 e. The van der Waals surface area contributed by atoms with Crippen LogP contribution in [-0.4, -0.2) is 0 Å². The molecule has 0 aliphatic heterocycles. The second kappa shape index (κ2) is 3.47. The molecule has 12 heavy (non-hydrogen) atoms. The van der Waals surface area contributed by atoms with Gasteiger partial charge in [0.05, 0.1) is 0 Å². The van der Waals surface area contributed by atoms with E-state index in [1.807, 2.05) is 0 Å². The number of hydrogen-bond acceptors (Lipinski definition) is 0. The van der Waals surface area contributed by atoms with Gasteiger partial charge in [-0.15, -0.1) is 0 Å². The van der Waals surface area contributed by atoms with E-state index in [9.17, 15) is 0 Å². The van der Waals surface area contributed by atoms with Crippen molar-refractivity contribution in [2.24, 2.45) is 11.3 Å². The zero-order valence-electron chi connectivity index (χ0n) is 8.59. The molecule has 0 nitrogen and oxygen atoms in total. The summed E-state index contributed by atoms with van der Waals surface area (Å²) in [5.41, 5.74) is 0.368. The normalized spacial score (nSPS) is 24.8. The van der Waals surface area contributed by atoms with Gasteiger partial charge in [0, 0.05) is 5.92 Å². The molecule has 0 saturated heterocycles. The van der Waals surface area contributed by atoms with Gasteiger partial charge in [0.15, 0.2) is 0 Å². The summed E-state index contributed by atoms with van der Waals surface area (Å²) in [7, 11) is 0. The first-order valence-electron chi connectivity index (χ1n) is 4.76. The molecule has 1 radical (unpaired) electrons. The molecule has 0 aromatic heterocycles. The molecular weight excluding hydrogens is 144 g/mol. The van der Waals surface area contributed by atoms with Gasteiger partial charge in [0.2, 0.25) is 0 Å². The van der Waals surface area contributed by atoms with Crippen LogP contribution in [0.2, 0.25) is 0 Å². The first-order chi connectivity index (χ1) is 5.55. The van der Waals surface area contributed by atoms with Crippen LogP contribution in [0.25, 0.3) is 0 Å². The van der Waals surface area contributed by atoms with E-state index in [0.29, 0.717) is 11.3 Å². The molecule has 1 atom stereocenters. The van der Waals surface area contributed by atoms with Gasteiger partial charge in [0.1, 0.15) is 0 Å². The minimum absolute atomic E-state index is 0.368. The minimum atomic E-state index is 0.368. The van der Waals surface area contributed by atoms with Crippen LogP contribution < -0.4 is 0 Å². The van der Waals surface area contributed by atoms with Crippen molar-refractivity contribution in [3.63, 3.8) is 0 Å². The van der Waals surface area contributed by atoms with E-state index < -0.39 is 0 Å². The zero-order chi connectivity index (χ0) is 9.19. The second-order valence-corrected chi connectivity index (χ2v) is 4.52. The molecule has 0 aromatic rings. The topological polar surface area (TPSA) is 0 Å². The molecule has 1 aliphatic rings. The van der Waals surface area contributed by atoms with Gasteiger partial charge in [-0.1, -0.05) is 52.0 Å². The van der Waals surface area contributed by atoms with Crippen molar-refractivity contribution < 1.29 is 0 Å². The second-order valence-electron chi connectivity index (χ2n) is 4.52. The fourth-order valence-corrected chi connectivity index (χ4v) is 1.76. The standard InChI is InChI=1S/C12H19/c1-5-10-8-6-7-9-11(10)12(2,3)4/h6-9,11H,5H2,1-4H3. The van der Waals surface area contributed by atoms with Gasteiger partial charge in [0.25, 0.3) is 0 Å². The van der Waals surface area contributed by atoms with Crippen molar-refractivity contribution in [3.8, 4) is 0 Å². The molecule has 0 saturated carbocycles. The SMILES string of the molecule is CC[C]1C=CC=CC1C(C)(C)C. The first-order valence-corrected chi connectivity index (χ1v) is 4.76. The summed E-state index contributed by atoms with van der Waals surface area (Å²) < 4.78 is 0. The third-order valence-electron chi connectivity index (χ3n) is 2.47. The van der Waals surface area contributed by atoms with Gasteiger partial charge in [-0.2, -0.15) is 0 Å². The maximum Gasteiger partial charge on any atom is 0.00468 e. The van der Waals surface area contributed by atoms with E-state index in [-0.39, 0.29) is 0 Å². The van der Waals surface area contributed by atoms with Crippen LogP contribution in [0, 0.1) is 17.3 Å². The molecule has 0 aromatic carbocycles. The number of allylic oxidation sites excluding steroid dienone is 4. The Hall–Kier alpha value is -0.520. The smallest absolute Gasteiger partial charge is 0.00468 e. The molecule has 0 N–H and O–H groups in total. The van der Waals surface area contributed by atoms with Gasteiger partial charge in [-0.25, -0.2) is 0 Å². The predicted molar refractivity (Wildman–Crippen MR) is 54.8 cm³/mol. The highest BCUT2D eigenvalue weighted by molar-refractivity contribution is 5.28. The average Bonchev–Trinajstić information content (AvgIpc) is 2.03. The quantitative estimate of drug-likeness (QED) is 0.552. The fraction of sp³-hybridized carbons (Fsp3) is 0.583. The Kier molecular flexibility index (Phi) is 2.76. The Morgan fingerprint density at radius 2 is 1.92 bits per heavy atom. The Balaban J connectivity index is 2.76. The Bertz CT molecular complexity index is 191. The summed E-state index contributed by atoms with van der Waals surface area (Å²) in [5, 5.41) is 0. The third kappa shape index (κ3) is 2.00. The summed E-state index contributed by atoms with van der Waals surface area (Å²) in [5.74, 6) is 2.19. The monoisotopic (exact) mass is 163 g/mol. The molecule has 0 spiro atoms. The van der Waals surface area contributed by atoms with Crippen LogP contribution >= 0.6 is 0 Å². The summed E-state index contributed by atoms with van der Waals surface area (Å²) in [4.78, 5) is 0. The van der Waals surface area contributed by atoms with Crippen molar-refractivity contribution >= 4 is 0 Å². The molecule has 0 amide bonds. The lowest BCUT2D eigenvalue weighted by atomic mass is 9.70. The first kappa shape index (κ1) is 9.57. The van der Waals surface area contributed by atoms with Gasteiger partial charge in [-0.05, 0) is 17.8 Å². The molecule has 0 heteroatoms. The Morgan fingerprint density at radius 1 is 1.25 bits per heavy atom. The van der Waals surface area contributed by atoms with E-state index >= 15 is 0 Å². The number of rotatable bonds is 1. The van der Waals surface area contributed by atoms with Crippen molar-refractivity contribution in [3.05, 3.63) is 30.2 Å². The van der Waals surface area contributed by atoms with Crippen LogP contribution in [0.4, 0.5) is 0 Å². The predicted octanol–water partition coefficient (Wildman–Crippen LogP) is 3.76. The summed E-state index contributed by atoms with van der Waals surface area (Å²) >= 11 is 0. The highest BCUT2D eigenvalue weighted by atomic mass is 14.3. The maximum absolute atomic E-state index is 2.32. The maximum atomic E-state index is 2.32. The molecule has 0 bridgehead atoms. The Labute approximate surface area is 76.4 Å². The molecule has 67 valence electrons. The molecule has 0 heterocycles. The van der Waals surface area contributed by atoms with E-state index in [1.165, 1.54) is 6.42 Å². The molecule has 1 aliphatic carbocycles. The van der Waals surface area contributed by atoms with Gasteiger partial charge in [-0.3, -0.25) is 0 Å². The third-order valence-corrected chi connectivity index (χ3v) is 2.47. The number of hydrogen-bond donors (Lipinski definition) is 0. The van der Waals surface area contributed by atoms with Crippen LogP contribution in [0.5, 0.6) is 0 Å². The van der Waals surface area contributed by atoms with Crippen molar-refractivity contribution in [1.29, 1.82) is 0 Å². The molecule has 0 fully saturated rings. The van der Waals surface area contributed by atoms with Crippen molar-refractivity contribution in [2.45, 2.75) is 34.1 Å². The lowest BCUT2D eigenvalue weighted by molar-refractivity contribution is 0.304. The van der Waals surface area contributed by atoms with Crippen LogP contribution in [0.3, 0.4) is 0 Å². The zero-order valence-corrected chi connectivity index (χ0v) is 8.59. The van der Waals surface area contributed by atoms with Crippen LogP contribution in [-0.2, 0) is 0 Å². The average molecular weight is 163 g/mol. The Morgan fingerprint density at radius 3 is 2.33 bits per heavy atom. The lowest BCUT2D eigenvalue weighted by Crippen LogP contribution is -2.25. The summed E-state index contributed by atoms with van der Waals surface area (Å²) in [6.07, 6.45) is 10.0. The highest BCUT2D eigenvalue weighted by Gasteiger charge is 2.28. The highest BCUT2D eigenvalue weighted by Crippen LogP contribution is 2.38. The lowest BCUT2D eigenvalue weighted by Gasteiger charge is -2.34. The van der Waals surface area contributed by atoms with Crippen molar-refractivity contribution in [2.75, 3.05) is 0 Å². The summed E-state index contributed by atoms with van der Waals surface area (Å²) in [6, 6.07) is 0. The fourth-order valence-electron chi connectivity index (χ4n) is 1.76. The van der Waals surface area contributed by atoms with E-state index in [0.717, 1.165) is 0 Å². The van der Waals surface area contributed by atoms with Crippen LogP contribution in [0.15, 0.2) is 24.3 Å². The van der Waals surface area contributed by atoms with Gasteiger partial charge < -0.3 is 0 Å². The molecule has 1 rings (SSSR count). The molecule has 1 unspecified atom stereocenters. The van der Waals surface area contributed by atoms with E-state index in [1.54, 1.807) is 5.92 Å².